The molecule has 0 fully saturated rings. The zero-order valence-corrected chi connectivity index (χ0v) is 14.8. The number of nitrogens with zero attached hydrogens (tertiary/aromatic N) is 1. The Morgan fingerprint density at radius 3 is 2.64 bits per heavy atom. The second-order valence-electron chi connectivity index (χ2n) is 6.93. The molecule has 0 aromatic heterocycles. The molecule has 0 spiro atoms. The van der Waals surface area contributed by atoms with Gasteiger partial charge in [0.2, 0.25) is 5.91 Å². The lowest BCUT2D eigenvalue weighted by Crippen LogP contribution is -2.39. The van der Waals surface area contributed by atoms with Gasteiger partial charge in [-0.25, -0.2) is 0 Å². The Balaban J connectivity index is 1.79. The van der Waals surface area contributed by atoms with Crippen LogP contribution in [0.1, 0.15) is 36.5 Å². The highest BCUT2D eigenvalue weighted by Crippen LogP contribution is 2.43. The molecule has 2 aromatic rings. The number of rotatable bonds is 3. The first-order valence-corrected chi connectivity index (χ1v) is 8.92. The smallest absolute Gasteiger partial charge is 0.230 e. The van der Waals surface area contributed by atoms with Crippen LogP contribution in [0.3, 0.4) is 0 Å². The van der Waals surface area contributed by atoms with Crippen LogP contribution in [0.25, 0.3) is 5.57 Å². The third-order valence-corrected chi connectivity index (χ3v) is 5.35. The molecular formula is C22H23NO2. The Hall–Kier alpha value is -2.55. The van der Waals surface area contributed by atoms with Crippen molar-refractivity contribution >= 4 is 11.5 Å². The Kier molecular flexibility index (Phi) is 4.08. The molecule has 0 saturated carbocycles. The van der Waals surface area contributed by atoms with E-state index >= 15 is 0 Å². The fourth-order valence-electron chi connectivity index (χ4n) is 4.10. The van der Waals surface area contributed by atoms with Crippen LogP contribution in [0, 0.1) is 5.92 Å². The molecule has 1 aliphatic heterocycles. The lowest BCUT2D eigenvalue weighted by molar-refractivity contribution is -0.134. The maximum atomic E-state index is 12.9. The fourth-order valence-corrected chi connectivity index (χ4v) is 4.10. The molecule has 0 saturated heterocycles. The first-order valence-electron chi connectivity index (χ1n) is 8.92. The zero-order chi connectivity index (χ0) is 17.4. The summed E-state index contributed by atoms with van der Waals surface area (Å²) in [4.78, 5) is 14.9. The molecule has 1 aliphatic carbocycles. The average Bonchev–Trinajstić information content (AvgIpc) is 2.65. The molecule has 1 amide bonds. The molecular weight excluding hydrogens is 310 g/mol. The van der Waals surface area contributed by atoms with Gasteiger partial charge in [-0.2, -0.15) is 0 Å². The van der Waals surface area contributed by atoms with Gasteiger partial charge in [-0.05, 0) is 42.0 Å². The van der Waals surface area contributed by atoms with Crippen molar-refractivity contribution in [2.45, 2.75) is 32.7 Å². The van der Waals surface area contributed by atoms with E-state index in [0.29, 0.717) is 6.54 Å². The van der Waals surface area contributed by atoms with Crippen LogP contribution in [-0.4, -0.2) is 17.9 Å². The van der Waals surface area contributed by atoms with Crippen LogP contribution in [0.15, 0.2) is 54.2 Å². The second-order valence-corrected chi connectivity index (χ2v) is 6.93. The maximum Gasteiger partial charge on any atom is 0.230 e. The van der Waals surface area contributed by atoms with Crippen molar-refractivity contribution in [1.82, 2.24) is 4.90 Å². The van der Waals surface area contributed by atoms with Crippen LogP contribution in [0.2, 0.25) is 0 Å². The highest BCUT2D eigenvalue weighted by Gasteiger charge is 2.35. The lowest BCUT2D eigenvalue weighted by atomic mass is 9.80. The molecule has 1 heterocycles. The first kappa shape index (κ1) is 15.9. The fraction of sp³-hybridized carbons (Fsp3) is 0.318. The van der Waals surface area contributed by atoms with Crippen LogP contribution < -0.4 is 4.74 Å². The van der Waals surface area contributed by atoms with Crippen molar-refractivity contribution in [1.29, 1.82) is 0 Å². The minimum atomic E-state index is 0.0135. The largest absolute Gasteiger partial charge is 0.496 e. The minimum absolute atomic E-state index is 0.0135. The zero-order valence-electron chi connectivity index (χ0n) is 14.8. The number of allylic oxidation sites excluding steroid dienone is 2. The minimum Gasteiger partial charge on any atom is -0.496 e. The average molecular weight is 333 g/mol. The number of carbonyl (C=O) groups is 1. The van der Waals surface area contributed by atoms with Crippen LogP contribution in [-0.2, 0) is 17.8 Å². The number of ether oxygens (including phenoxy) is 1. The molecule has 3 heteroatoms. The second kappa shape index (κ2) is 6.40. The molecule has 1 unspecified atom stereocenters. The maximum absolute atomic E-state index is 12.9. The van der Waals surface area contributed by atoms with E-state index in [1.807, 2.05) is 36.1 Å². The van der Waals surface area contributed by atoms with Gasteiger partial charge in [-0.3, -0.25) is 4.79 Å². The number of fused-ring (bicyclic) bond motifs is 2. The summed E-state index contributed by atoms with van der Waals surface area (Å²) >= 11 is 0. The Morgan fingerprint density at radius 2 is 1.88 bits per heavy atom. The van der Waals surface area contributed by atoms with Crippen LogP contribution in [0.5, 0.6) is 5.75 Å². The van der Waals surface area contributed by atoms with Gasteiger partial charge in [0.1, 0.15) is 5.75 Å². The van der Waals surface area contributed by atoms with E-state index in [-0.39, 0.29) is 11.8 Å². The van der Waals surface area contributed by atoms with Gasteiger partial charge in [0.05, 0.1) is 13.7 Å². The number of methoxy groups -OCH3 is 1. The van der Waals surface area contributed by atoms with E-state index in [2.05, 4.69) is 24.3 Å². The molecule has 128 valence electrons. The molecule has 4 rings (SSSR count). The van der Waals surface area contributed by atoms with Crippen molar-refractivity contribution in [2.24, 2.45) is 5.92 Å². The summed E-state index contributed by atoms with van der Waals surface area (Å²) in [6.07, 6.45) is 2.64. The van der Waals surface area contributed by atoms with Gasteiger partial charge in [0.25, 0.3) is 0 Å². The van der Waals surface area contributed by atoms with Gasteiger partial charge in [0.15, 0.2) is 0 Å². The molecule has 0 radical (unpaired) electrons. The van der Waals surface area contributed by atoms with Crippen molar-refractivity contribution in [3.05, 3.63) is 70.9 Å². The Morgan fingerprint density at radius 1 is 1.08 bits per heavy atom. The van der Waals surface area contributed by atoms with Gasteiger partial charge in [0, 0.05) is 17.2 Å². The molecule has 25 heavy (non-hydrogen) atoms. The Bertz CT molecular complexity index is 838. The van der Waals surface area contributed by atoms with E-state index < -0.39 is 0 Å². The van der Waals surface area contributed by atoms with Crippen molar-refractivity contribution in [2.75, 3.05) is 7.11 Å². The van der Waals surface area contributed by atoms with Crippen molar-refractivity contribution < 1.29 is 9.53 Å². The summed E-state index contributed by atoms with van der Waals surface area (Å²) in [5.74, 6) is 1.22. The van der Waals surface area contributed by atoms with Crippen LogP contribution >= 0.6 is 0 Å². The third kappa shape index (κ3) is 2.74. The summed E-state index contributed by atoms with van der Waals surface area (Å²) in [7, 11) is 1.73. The van der Waals surface area contributed by atoms with E-state index in [1.54, 1.807) is 7.11 Å². The molecule has 1 atom stereocenters. The van der Waals surface area contributed by atoms with Gasteiger partial charge in [-0.15, -0.1) is 0 Å². The summed E-state index contributed by atoms with van der Waals surface area (Å²) < 4.78 is 5.56. The van der Waals surface area contributed by atoms with E-state index in [9.17, 15) is 4.79 Å². The quantitative estimate of drug-likeness (QED) is 0.832. The Labute approximate surface area is 148 Å². The topological polar surface area (TPSA) is 29.5 Å². The van der Waals surface area contributed by atoms with Crippen LogP contribution in [0.4, 0.5) is 0 Å². The number of amides is 1. The lowest BCUT2D eigenvalue weighted by Gasteiger charge is -2.38. The number of carbonyl (C=O) groups excluding carboxylic acids is 1. The summed E-state index contributed by atoms with van der Waals surface area (Å²) in [5.41, 5.74) is 6.24. The molecule has 2 aliphatic rings. The standard InChI is InChI=1S/C22H23NO2/c1-15-13-19-17-9-6-10-21(25-2)18(17)11-12-20(19)23(22(15)24)14-16-7-4-3-5-8-16/h3-10,15H,11-14H2,1-2H3. The van der Waals surface area contributed by atoms with E-state index in [0.717, 1.165) is 25.0 Å². The summed E-state index contributed by atoms with van der Waals surface area (Å²) in [6, 6.07) is 16.5. The van der Waals surface area contributed by atoms with Gasteiger partial charge >= 0.3 is 0 Å². The van der Waals surface area contributed by atoms with E-state index in [1.165, 1.54) is 28.0 Å². The van der Waals surface area contributed by atoms with Gasteiger partial charge in [-0.1, -0.05) is 49.4 Å². The highest BCUT2D eigenvalue weighted by atomic mass is 16.5. The summed E-state index contributed by atoms with van der Waals surface area (Å²) in [6.45, 7) is 2.70. The number of hydrogen-bond donors (Lipinski definition) is 0. The molecule has 2 aromatic carbocycles. The van der Waals surface area contributed by atoms with E-state index in [4.69, 9.17) is 4.74 Å². The molecule has 0 bridgehead atoms. The number of hydrogen-bond acceptors (Lipinski definition) is 2. The highest BCUT2D eigenvalue weighted by molar-refractivity contribution is 5.90. The first-order chi connectivity index (χ1) is 12.2. The molecule has 3 nitrogen and oxygen atoms in total. The summed E-state index contributed by atoms with van der Waals surface area (Å²) in [5, 5.41) is 0. The van der Waals surface area contributed by atoms with Gasteiger partial charge < -0.3 is 9.64 Å². The third-order valence-electron chi connectivity index (χ3n) is 5.35. The van der Waals surface area contributed by atoms with Crippen molar-refractivity contribution in [3.8, 4) is 5.75 Å². The predicted octanol–water partition coefficient (Wildman–Crippen LogP) is 4.42. The normalized spacial score (nSPS) is 19.5. The SMILES string of the molecule is COc1cccc2c1CCC1=C2CC(C)C(=O)N1Cc1ccccc1. The van der Waals surface area contributed by atoms with Crippen molar-refractivity contribution in [3.63, 3.8) is 0 Å². The monoisotopic (exact) mass is 333 g/mol. The number of benzene rings is 2. The predicted molar refractivity (Wildman–Crippen MR) is 99.0 cm³/mol. The molecule has 0 N–H and O–H groups in total.